The van der Waals surface area contributed by atoms with Gasteiger partial charge in [0.2, 0.25) is 0 Å². The maximum atomic E-state index is 16.1. The van der Waals surface area contributed by atoms with E-state index < -0.39 is 24.2 Å². The van der Waals surface area contributed by atoms with Crippen LogP contribution in [0.15, 0.2) is 11.8 Å². The van der Waals surface area contributed by atoms with Crippen LogP contribution in [0.3, 0.4) is 0 Å². The van der Waals surface area contributed by atoms with Crippen molar-refractivity contribution in [1.29, 1.82) is 0 Å². The average molecular weight is 588 g/mol. The number of ketones is 1. The molecule has 6 rings (SSSR count). The lowest BCUT2D eigenvalue weighted by Gasteiger charge is -2.61. The number of nitrogens with one attached hydrogen (secondary N) is 2. The van der Waals surface area contributed by atoms with Crippen molar-refractivity contribution in [2.45, 2.75) is 120 Å². The van der Waals surface area contributed by atoms with Gasteiger partial charge < -0.3 is 30.1 Å². The maximum Gasteiger partial charge on any atom is 0.256 e. The molecule has 3 aliphatic heterocycles. The zero-order valence-electron chi connectivity index (χ0n) is 26.1. The molecule has 9 heteroatoms. The Labute approximate surface area is 252 Å². The molecule has 2 N–H and O–H groups in total. The number of carbonyl (C=O) groups is 2. The third kappa shape index (κ3) is 6.04. The summed E-state index contributed by atoms with van der Waals surface area (Å²) in [6, 6.07) is -0.0185. The Hall–Kier alpha value is -1.55. The normalized spacial score (nSPS) is 39.9. The Morgan fingerprint density at radius 3 is 2.69 bits per heavy atom. The summed E-state index contributed by atoms with van der Waals surface area (Å²) in [5, 5.41) is 6.61. The van der Waals surface area contributed by atoms with Crippen LogP contribution in [0.25, 0.3) is 0 Å². The van der Waals surface area contributed by atoms with Crippen molar-refractivity contribution in [3.8, 4) is 0 Å². The van der Waals surface area contributed by atoms with Gasteiger partial charge in [0.05, 0.1) is 35.9 Å². The first kappa shape index (κ1) is 30.5. The molecular formula is C33H54FN5O3. The zero-order valence-corrected chi connectivity index (χ0v) is 26.1. The van der Waals surface area contributed by atoms with E-state index in [4.69, 9.17) is 4.74 Å². The fraction of sp³-hybridized carbons (Fsp3) is 0.879. The summed E-state index contributed by atoms with van der Waals surface area (Å²) in [5.74, 6) is 0.109. The first-order chi connectivity index (χ1) is 20.3. The molecular weight excluding hydrogens is 533 g/mol. The number of unbranched alkanes of at least 4 members (excludes halogenated alkanes) is 1. The highest BCUT2D eigenvalue weighted by Gasteiger charge is 2.60. The highest BCUT2D eigenvalue weighted by Crippen LogP contribution is 2.50. The molecule has 6 aliphatic rings. The highest BCUT2D eigenvalue weighted by atomic mass is 19.1. The van der Waals surface area contributed by atoms with E-state index in [2.05, 4.69) is 46.5 Å². The predicted molar refractivity (Wildman–Crippen MR) is 162 cm³/mol. The fourth-order valence-electron chi connectivity index (χ4n) is 9.38. The molecule has 0 aromatic carbocycles. The standard InChI is InChI=1S/C33H54FN5O3/c1-37(2)17-7-6-15-35-28-26(34)19-24-29-32(28)42-31-23-11-5-4-9-21(23)12-13-27(31)39(29)20-25(30(24)40)33(41)36-16-14-22-10-8-18-38(22)3/h20-24,26-29,31-32,35H,4-19H2,1-3H3,(H,36,41). The number of likely N-dealkylation sites (tertiary alicyclic amines) is 1. The molecule has 5 fully saturated rings. The number of fused-ring (bicyclic) bond motifs is 4. The van der Waals surface area contributed by atoms with E-state index >= 15 is 4.39 Å². The van der Waals surface area contributed by atoms with Gasteiger partial charge in [-0.15, -0.1) is 0 Å². The second kappa shape index (κ2) is 13.2. The second-order valence-corrected chi connectivity index (χ2v) is 14.4. The highest BCUT2D eigenvalue weighted by molar-refractivity contribution is 6.20. The Kier molecular flexibility index (Phi) is 9.58. The Morgan fingerprint density at radius 1 is 1.07 bits per heavy atom. The molecule has 10 unspecified atom stereocenters. The molecule has 8 nitrogen and oxygen atoms in total. The van der Waals surface area contributed by atoms with Crippen molar-refractivity contribution < 1.29 is 18.7 Å². The lowest BCUT2D eigenvalue weighted by atomic mass is 9.64. The molecule has 236 valence electrons. The van der Waals surface area contributed by atoms with Gasteiger partial charge in [-0.3, -0.25) is 9.59 Å². The van der Waals surface area contributed by atoms with E-state index in [0.29, 0.717) is 24.4 Å². The van der Waals surface area contributed by atoms with E-state index in [-0.39, 0.29) is 41.9 Å². The molecule has 1 amide bonds. The monoisotopic (exact) mass is 587 g/mol. The van der Waals surface area contributed by atoms with E-state index in [1.165, 1.54) is 32.1 Å². The van der Waals surface area contributed by atoms with Crippen LogP contribution in [0.1, 0.15) is 77.0 Å². The van der Waals surface area contributed by atoms with E-state index in [1.807, 2.05) is 6.20 Å². The molecule has 42 heavy (non-hydrogen) atoms. The summed E-state index contributed by atoms with van der Waals surface area (Å²) < 4.78 is 23.1. The molecule has 10 atom stereocenters. The Bertz CT molecular complexity index is 1010. The van der Waals surface area contributed by atoms with Gasteiger partial charge in [0.25, 0.3) is 5.91 Å². The SMILES string of the molecule is CN(C)CCCCNC1C(F)CC2C(=O)C(C(=O)NCCC3CCCN3C)=CN3C4CCC5CCCCC5C4OC1C23. The van der Waals surface area contributed by atoms with E-state index in [9.17, 15) is 9.59 Å². The minimum atomic E-state index is -1.18. The number of hydrogen-bond donors (Lipinski definition) is 2. The third-order valence-corrected chi connectivity index (χ3v) is 11.6. The van der Waals surface area contributed by atoms with E-state index in [0.717, 1.165) is 58.2 Å². The van der Waals surface area contributed by atoms with Gasteiger partial charge in [-0.25, -0.2) is 4.39 Å². The average Bonchev–Trinajstić information content (AvgIpc) is 3.39. The second-order valence-electron chi connectivity index (χ2n) is 14.4. The molecule has 0 bridgehead atoms. The van der Waals surface area contributed by atoms with Crippen LogP contribution in [-0.4, -0.2) is 116 Å². The van der Waals surface area contributed by atoms with Crippen molar-refractivity contribution >= 4 is 11.7 Å². The summed E-state index contributed by atoms with van der Waals surface area (Å²) in [4.78, 5) is 34.3. The third-order valence-electron chi connectivity index (χ3n) is 11.6. The number of halogens is 1. The molecule has 3 heterocycles. The number of morpholine rings is 1. The topological polar surface area (TPSA) is 77.2 Å². The van der Waals surface area contributed by atoms with Gasteiger partial charge in [0.1, 0.15) is 6.17 Å². The fourth-order valence-corrected chi connectivity index (χ4v) is 9.38. The van der Waals surface area contributed by atoms with Gasteiger partial charge in [0, 0.05) is 24.7 Å². The van der Waals surface area contributed by atoms with Gasteiger partial charge in [-0.05, 0) is 110 Å². The maximum absolute atomic E-state index is 16.1. The number of hydrogen-bond acceptors (Lipinski definition) is 7. The largest absolute Gasteiger partial charge is 0.369 e. The van der Waals surface area contributed by atoms with Crippen molar-refractivity contribution in [2.75, 3.05) is 47.3 Å². The summed E-state index contributed by atoms with van der Waals surface area (Å²) in [5.41, 5.74) is 0.225. The summed E-state index contributed by atoms with van der Waals surface area (Å²) in [7, 11) is 6.29. The van der Waals surface area contributed by atoms with Crippen LogP contribution in [0.4, 0.5) is 4.39 Å². The molecule has 3 saturated carbocycles. The van der Waals surface area contributed by atoms with Crippen LogP contribution in [0.2, 0.25) is 0 Å². The summed E-state index contributed by atoms with van der Waals surface area (Å²) in [6.07, 6.45) is 12.9. The number of rotatable bonds is 10. The zero-order chi connectivity index (χ0) is 29.4. The lowest BCUT2D eigenvalue weighted by Crippen LogP contribution is -2.74. The molecule has 2 saturated heterocycles. The number of carbonyl (C=O) groups excluding carboxylic acids is 2. The minimum absolute atomic E-state index is 0.0287. The smallest absolute Gasteiger partial charge is 0.256 e. The van der Waals surface area contributed by atoms with Crippen molar-refractivity contribution in [2.24, 2.45) is 17.8 Å². The van der Waals surface area contributed by atoms with E-state index in [1.54, 1.807) is 0 Å². The van der Waals surface area contributed by atoms with Gasteiger partial charge in [-0.1, -0.05) is 19.3 Å². The van der Waals surface area contributed by atoms with Crippen LogP contribution in [-0.2, 0) is 14.3 Å². The molecule has 0 aromatic heterocycles. The minimum Gasteiger partial charge on any atom is -0.369 e. The molecule has 0 spiro atoms. The van der Waals surface area contributed by atoms with Gasteiger partial charge in [-0.2, -0.15) is 0 Å². The van der Waals surface area contributed by atoms with Crippen molar-refractivity contribution in [3.05, 3.63) is 11.8 Å². The first-order valence-corrected chi connectivity index (χ1v) is 17.0. The lowest BCUT2D eigenvalue weighted by molar-refractivity contribution is -0.220. The molecule has 3 aliphatic carbocycles. The molecule has 0 radical (unpaired) electrons. The Balaban J connectivity index is 1.22. The van der Waals surface area contributed by atoms with Crippen molar-refractivity contribution in [1.82, 2.24) is 25.3 Å². The number of ether oxygens (including phenoxy) is 1. The van der Waals surface area contributed by atoms with Crippen LogP contribution in [0.5, 0.6) is 0 Å². The molecule has 0 aromatic rings. The first-order valence-electron chi connectivity index (χ1n) is 17.0. The van der Waals surface area contributed by atoms with Crippen LogP contribution >= 0.6 is 0 Å². The number of alkyl halides is 1. The summed E-state index contributed by atoms with van der Waals surface area (Å²) in [6.45, 7) is 3.41. The predicted octanol–water partition coefficient (Wildman–Crippen LogP) is 3.12. The van der Waals surface area contributed by atoms with Crippen LogP contribution < -0.4 is 10.6 Å². The Morgan fingerprint density at radius 2 is 1.90 bits per heavy atom. The number of amides is 1. The van der Waals surface area contributed by atoms with Crippen molar-refractivity contribution in [3.63, 3.8) is 0 Å². The number of nitrogens with zero attached hydrogens (tertiary/aromatic N) is 3. The quantitative estimate of drug-likeness (QED) is 0.301. The number of Topliss-reactive ketones (excluding diaryl/α,β-unsaturated/α-hetero) is 1. The van der Waals surface area contributed by atoms with Gasteiger partial charge in [0.15, 0.2) is 5.78 Å². The van der Waals surface area contributed by atoms with Crippen LogP contribution in [0, 0.1) is 17.8 Å². The van der Waals surface area contributed by atoms with Gasteiger partial charge >= 0.3 is 0 Å². The summed E-state index contributed by atoms with van der Waals surface area (Å²) >= 11 is 0.